The van der Waals surface area contributed by atoms with Crippen LogP contribution >= 0.6 is 0 Å². The number of nitrogens with one attached hydrogen (secondary N) is 1. The van der Waals surface area contributed by atoms with Crippen molar-refractivity contribution in [1.29, 1.82) is 0 Å². The zero-order chi connectivity index (χ0) is 9.26. The first kappa shape index (κ1) is 7.91. The average Bonchev–Trinajstić information content (AvgIpc) is 2.16. The minimum atomic E-state index is 0.754. The second kappa shape index (κ2) is 2.97. The molecule has 13 heavy (non-hydrogen) atoms. The minimum Gasteiger partial charge on any atom is -0.371 e. The van der Waals surface area contributed by atoms with E-state index in [1.165, 1.54) is 0 Å². The summed E-state index contributed by atoms with van der Waals surface area (Å²) < 4.78 is 0. The summed E-state index contributed by atoms with van der Waals surface area (Å²) in [6, 6.07) is 3.80. The predicted octanol–water partition coefficient (Wildman–Crippen LogP) is 1.37. The maximum Gasteiger partial charge on any atom is 0.156 e. The van der Waals surface area contributed by atoms with Crippen LogP contribution in [-0.2, 0) is 0 Å². The first-order chi connectivity index (χ1) is 6.31. The van der Waals surface area contributed by atoms with Crippen LogP contribution in [0.2, 0.25) is 0 Å². The fraction of sp³-hybridized carbons (Fsp3) is 0.222. The van der Waals surface area contributed by atoms with Gasteiger partial charge in [0.2, 0.25) is 0 Å². The highest BCUT2D eigenvalue weighted by Gasteiger charge is 2.03. The summed E-state index contributed by atoms with van der Waals surface area (Å²) in [7, 11) is 1.83. The molecule has 1 N–H and O–H groups in total. The Balaban J connectivity index is 2.81. The molecule has 2 aromatic heterocycles. The van der Waals surface area contributed by atoms with Crippen LogP contribution in [0, 0.1) is 6.92 Å². The number of nitrogens with zero attached hydrogens (tertiary/aromatic N) is 3. The molecular weight excluding hydrogens is 164 g/mol. The van der Waals surface area contributed by atoms with Gasteiger partial charge in [0.1, 0.15) is 11.3 Å². The van der Waals surface area contributed by atoms with Crippen molar-refractivity contribution in [2.45, 2.75) is 6.92 Å². The van der Waals surface area contributed by atoms with Crippen molar-refractivity contribution < 1.29 is 0 Å². The number of rotatable bonds is 1. The summed E-state index contributed by atoms with van der Waals surface area (Å²) in [4.78, 5) is 12.7. The second-order valence-electron chi connectivity index (χ2n) is 2.74. The van der Waals surface area contributed by atoms with E-state index in [0.717, 1.165) is 22.7 Å². The Morgan fingerprint density at radius 3 is 2.92 bits per heavy atom. The van der Waals surface area contributed by atoms with E-state index in [4.69, 9.17) is 0 Å². The SMILES string of the molecule is CNc1nc(C)nc2cccnc12. The molecule has 0 amide bonds. The normalized spacial score (nSPS) is 10.3. The largest absolute Gasteiger partial charge is 0.371 e. The van der Waals surface area contributed by atoms with E-state index >= 15 is 0 Å². The number of pyridine rings is 1. The molecule has 66 valence electrons. The molecular formula is C9H10N4. The third-order valence-electron chi connectivity index (χ3n) is 1.80. The zero-order valence-corrected chi connectivity index (χ0v) is 7.57. The van der Waals surface area contributed by atoms with E-state index in [0.29, 0.717) is 0 Å². The van der Waals surface area contributed by atoms with Crippen LogP contribution in [0.1, 0.15) is 5.82 Å². The fourth-order valence-electron chi connectivity index (χ4n) is 1.26. The van der Waals surface area contributed by atoms with Gasteiger partial charge in [-0.3, -0.25) is 4.98 Å². The number of hydrogen-bond acceptors (Lipinski definition) is 4. The summed E-state index contributed by atoms with van der Waals surface area (Å²) in [5.74, 6) is 1.54. The summed E-state index contributed by atoms with van der Waals surface area (Å²) in [6.07, 6.45) is 1.74. The molecule has 0 saturated heterocycles. The zero-order valence-electron chi connectivity index (χ0n) is 7.57. The van der Waals surface area contributed by atoms with Gasteiger partial charge in [-0.2, -0.15) is 0 Å². The molecule has 0 spiro atoms. The molecule has 0 bridgehead atoms. The van der Waals surface area contributed by atoms with Gasteiger partial charge in [0.25, 0.3) is 0 Å². The summed E-state index contributed by atoms with van der Waals surface area (Å²) >= 11 is 0. The second-order valence-corrected chi connectivity index (χ2v) is 2.74. The summed E-state index contributed by atoms with van der Waals surface area (Å²) in [5.41, 5.74) is 1.69. The first-order valence-corrected chi connectivity index (χ1v) is 4.08. The Kier molecular flexibility index (Phi) is 1.81. The van der Waals surface area contributed by atoms with E-state index in [-0.39, 0.29) is 0 Å². The number of hydrogen-bond donors (Lipinski definition) is 1. The third kappa shape index (κ3) is 1.30. The van der Waals surface area contributed by atoms with Crippen LogP contribution in [-0.4, -0.2) is 22.0 Å². The molecule has 0 unspecified atom stereocenters. The summed E-state index contributed by atoms with van der Waals surface area (Å²) in [5, 5.41) is 3.00. The van der Waals surface area contributed by atoms with Gasteiger partial charge in [0.15, 0.2) is 5.82 Å². The lowest BCUT2D eigenvalue weighted by molar-refractivity contribution is 1.08. The van der Waals surface area contributed by atoms with Crippen molar-refractivity contribution in [3.63, 3.8) is 0 Å². The van der Waals surface area contributed by atoms with E-state index in [2.05, 4.69) is 20.3 Å². The van der Waals surface area contributed by atoms with Gasteiger partial charge >= 0.3 is 0 Å². The van der Waals surface area contributed by atoms with E-state index in [1.54, 1.807) is 6.20 Å². The van der Waals surface area contributed by atoms with Crippen LogP contribution in [0.3, 0.4) is 0 Å². The van der Waals surface area contributed by atoms with E-state index < -0.39 is 0 Å². The molecule has 0 fully saturated rings. The molecule has 0 aliphatic heterocycles. The van der Waals surface area contributed by atoms with Gasteiger partial charge in [-0.05, 0) is 19.1 Å². The van der Waals surface area contributed by atoms with Crippen LogP contribution < -0.4 is 5.32 Å². The van der Waals surface area contributed by atoms with Gasteiger partial charge in [0, 0.05) is 13.2 Å². The Morgan fingerprint density at radius 2 is 2.15 bits per heavy atom. The topological polar surface area (TPSA) is 50.7 Å². The molecule has 0 atom stereocenters. The molecule has 2 heterocycles. The van der Waals surface area contributed by atoms with Crippen molar-refractivity contribution in [2.75, 3.05) is 12.4 Å². The third-order valence-corrected chi connectivity index (χ3v) is 1.80. The Morgan fingerprint density at radius 1 is 1.31 bits per heavy atom. The molecule has 0 saturated carbocycles. The number of fused-ring (bicyclic) bond motifs is 1. The standard InChI is InChI=1S/C9H10N4/c1-6-12-7-4-3-5-11-8(7)9(10-2)13-6/h3-5H,1-2H3,(H,10,12,13). The quantitative estimate of drug-likeness (QED) is 0.709. The highest BCUT2D eigenvalue weighted by atomic mass is 15.0. The number of aryl methyl sites for hydroxylation is 1. The number of aromatic nitrogens is 3. The van der Waals surface area contributed by atoms with Crippen molar-refractivity contribution >= 4 is 16.9 Å². The van der Waals surface area contributed by atoms with Gasteiger partial charge in [-0.15, -0.1) is 0 Å². The molecule has 0 radical (unpaired) electrons. The Bertz CT molecular complexity index is 439. The van der Waals surface area contributed by atoms with Crippen molar-refractivity contribution in [3.8, 4) is 0 Å². The van der Waals surface area contributed by atoms with Gasteiger partial charge < -0.3 is 5.32 Å². The van der Waals surface area contributed by atoms with Crippen LogP contribution in [0.25, 0.3) is 11.0 Å². The lowest BCUT2D eigenvalue weighted by atomic mass is 10.3. The predicted molar refractivity (Wildman–Crippen MR) is 51.6 cm³/mol. The highest BCUT2D eigenvalue weighted by Crippen LogP contribution is 2.15. The molecule has 2 aromatic rings. The molecule has 0 aromatic carbocycles. The van der Waals surface area contributed by atoms with Crippen molar-refractivity contribution in [2.24, 2.45) is 0 Å². The van der Waals surface area contributed by atoms with Gasteiger partial charge in [-0.25, -0.2) is 9.97 Å². The number of anilines is 1. The maximum atomic E-state index is 4.27. The first-order valence-electron chi connectivity index (χ1n) is 4.08. The lowest BCUT2D eigenvalue weighted by Crippen LogP contribution is -1.99. The molecule has 0 aliphatic rings. The van der Waals surface area contributed by atoms with Crippen LogP contribution in [0.15, 0.2) is 18.3 Å². The van der Waals surface area contributed by atoms with Crippen LogP contribution in [0.5, 0.6) is 0 Å². The van der Waals surface area contributed by atoms with E-state index in [9.17, 15) is 0 Å². The molecule has 4 nitrogen and oxygen atoms in total. The lowest BCUT2D eigenvalue weighted by Gasteiger charge is -2.03. The van der Waals surface area contributed by atoms with E-state index in [1.807, 2.05) is 26.1 Å². The average molecular weight is 174 g/mol. The Hall–Kier alpha value is -1.71. The fourth-order valence-corrected chi connectivity index (χ4v) is 1.26. The highest BCUT2D eigenvalue weighted by molar-refractivity contribution is 5.84. The van der Waals surface area contributed by atoms with Crippen molar-refractivity contribution in [3.05, 3.63) is 24.2 Å². The molecule has 0 aliphatic carbocycles. The minimum absolute atomic E-state index is 0.754. The maximum absolute atomic E-state index is 4.27. The Labute approximate surface area is 76.1 Å². The monoisotopic (exact) mass is 174 g/mol. The molecule has 4 heteroatoms. The van der Waals surface area contributed by atoms with Gasteiger partial charge in [0.05, 0.1) is 5.52 Å². The molecule has 2 rings (SSSR count). The van der Waals surface area contributed by atoms with Gasteiger partial charge in [-0.1, -0.05) is 0 Å². The van der Waals surface area contributed by atoms with Crippen molar-refractivity contribution in [1.82, 2.24) is 15.0 Å². The smallest absolute Gasteiger partial charge is 0.156 e. The van der Waals surface area contributed by atoms with Crippen LogP contribution in [0.4, 0.5) is 5.82 Å². The summed E-state index contributed by atoms with van der Waals surface area (Å²) in [6.45, 7) is 1.87.